The van der Waals surface area contributed by atoms with Gasteiger partial charge < -0.3 is 10.1 Å². The number of carbonyl (C=O) groups excluding carboxylic acids is 1. The third-order valence-corrected chi connectivity index (χ3v) is 1.47. The van der Waals surface area contributed by atoms with E-state index >= 15 is 0 Å². The molecule has 0 atom stereocenters. The number of hydrogen-bond donors (Lipinski definition) is 1. The van der Waals surface area contributed by atoms with Gasteiger partial charge in [-0.1, -0.05) is 36.4 Å². The summed E-state index contributed by atoms with van der Waals surface area (Å²) in [7, 11) is 0. The summed E-state index contributed by atoms with van der Waals surface area (Å²) < 4.78 is 4.77. The van der Waals surface area contributed by atoms with Crippen molar-refractivity contribution in [2.75, 3.05) is 19.8 Å². The first kappa shape index (κ1) is 9.74. The van der Waals surface area contributed by atoms with E-state index in [4.69, 9.17) is 4.74 Å². The predicted octanol–water partition coefficient (Wildman–Crippen LogP) is 0.819. The standard InChI is InChI=1S/C6H6.C4H7NO2/c1-2-4-6-5-3-1;6-4-3-7-2-1-5-4/h1-6H;1-3H2,(H,5,6). The average Bonchev–Trinajstić information content (AvgIpc) is 2.22. The lowest BCUT2D eigenvalue weighted by molar-refractivity contribution is -0.128. The Morgan fingerprint density at radius 1 is 1.08 bits per heavy atom. The molecule has 1 aromatic carbocycles. The maximum absolute atomic E-state index is 10.2. The van der Waals surface area contributed by atoms with Crippen LogP contribution in [-0.4, -0.2) is 25.7 Å². The molecule has 0 aromatic heterocycles. The Morgan fingerprint density at radius 2 is 1.62 bits per heavy atom. The fourth-order valence-corrected chi connectivity index (χ4v) is 0.863. The lowest BCUT2D eigenvalue weighted by atomic mass is 10.4. The average molecular weight is 179 g/mol. The molecule has 3 nitrogen and oxygen atoms in total. The van der Waals surface area contributed by atoms with Crippen LogP contribution in [0.3, 0.4) is 0 Å². The van der Waals surface area contributed by atoms with Crippen LogP contribution in [0.25, 0.3) is 0 Å². The molecule has 70 valence electrons. The summed E-state index contributed by atoms with van der Waals surface area (Å²) in [6.45, 7) is 1.56. The van der Waals surface area contributed by atoms with E-state index in [1.54, 1.807) is 0 Å². The van der Waals surface area contributed by atoms with Crippen LogP contribution >= 0.6 is 0 Å². The van der Waals surface area contributed by atoms with Gasteiger partial charge in [0.1, 0.15) is 6.61 Å². The molecule has 13 heavy (non-hydrogen) atoms. The summed E-state index contributed by atoms with van der Waals surface area (Å²) in [6, 6.07) is 12.0. The first-order chi connectivity index (χ1) is 6.39. The molecule has 0 bridgehead atoms. The number of carbonyl (C=O) groups is 1. The van der Waals surface area contributed by atoms with E-state index in [0.717, 1.165) is 0 Å². The lowest BCUT2D eigenvalue weighted by Crippen LogP contribution is -2.36. The van der Waals surface area contributed by atoms with Gasteiger partial charge in [-0.3, -0.25) is 4.79 Å². The zero-order chi connectivity index (χ0) is 9.36. The van der Waals surface area contributed by atoms with Crippen molar-refractivity contribution in [3.8, 4) is 0 Å². The van der Waals surface area contributed by atoms with Crippen molar-refractivity contribution in [1.82, 2.24) is 5.32 Å². The van der Waals surface area contributed by atoms with Crippen molar-refractivity contribution in [1.29, 1.82) is 0 Å². The molecule has 0 spiro atoms. The van der Waals surface area contributed by atoms with Crippen LogP contribution in [0.1, 0.15) is 0 Å². The molecule has 1 aliphatic heterocycles. The highest BCUT2D eigenvalue weighted by atomic mass is 16.5. The van der Waals surface area contributed by atoms with E-state index in [2.05, 4.69) is 5.32 Å². The summed E-state index contributed by atoms with van der Waals surface area (Å²) in [5.74, 6) is -0.00810. The highest BCUT2D eigenvalue weighted by molar-refractivity contribution is 5.77. The second-order valence-electron chi connectivity index (χ2n) is 2.56. The number of morpholine rings is 1. The van der Waals surface area contributed by atoms with Gasteiger partial charge in [0.25, 0.3) is 0 Å². The minimum Gasteiger partial charge on any atom is -0.370 e. The maximum Gasteiger partial charge on any atom is 0.246 e. The molecule has 1 amide bonds. The third-order valence-electron chi connectivity index (χ3n) is 1.47. The molecule has 1 aliphatic rings. The Kier molecular flexibility index (Phi) is 4.64. The highest BCUT2D eigenvalue weighted by Gasteiger charge is 2.04. The Hall–Kier alpha value is -1.35. The number of ether oxygens (including phenoxy) is 1. The van der Waals surface area contributed by atoms with Crippen LogP contribution in [-0.2, 0) is 9.53 Å². The van der Waals surface area contributed by atoms with Crippen LogP contribution in [0, 0.1) is 0 Å². The van der Waals surface area contributed by atoms with Crippen molar-refractivity contribution in [2.45, 2.75) is 0 Å². The number of hydrogen-bond acceptors (Lipinski definition) is 2. The molecule has 1 saturated heterocycles. The van der Waals surface area contributed by atoms with Gasteiger partial charge in [0, 0.05) is 6.54 Å². The summed E-state index contributed by atoms with van der Waals surface area (Å²) in [4.78, 5) is 10.2. The summed E-state index contributed by atoms with van der Waals surface area (Å²) in [5, 5.41) is 2.62. The number of rotatable bonds is 0. The van der Waals surface area contributed by atoms with Gasteiger partial charge in [-0.05, 0) is 0 Å². The number of nitrogens with one attached hydrogen (secondary N) is 1. The molecule has 2 rings (SSSR count). The van der Waals surface area contributed by atoms with E-state index < -0.39 is 0 Å². The molecule has 0 saturated carbocycles. The normalized spacial score (nSPS) is 15.2. The first-order valence-electron chi connectivity index (χ1n) is 4.24. The highest BCUT2D eigenvalue weighted by Crippen LogP contribution is 1.80. The molecular formula is C10H13NO2. The smallest absolute Gasteiger partial charge is 0.246 e. The number of benzene rings is 1. The van der Waals surface area contributed by atoms with Crippen molar-refractivity contribution in [3.63, 3.8) is 0 Å². The van der Waals surface area contributed by atoms with E-state index in [-0.39, 0.29) is 12.5 Å². The number of amides is 1. The van der Waals surface area contributed by atoms with Gasteiger partial charge in [0.05, 0.1) is 6.61 Å². The van der Waals surface area contributed by atoms with Gasteiger partial charge in [-0.25, -0.2) is 0 Å². The molecule has 0 unspecified atom stereocenters. The molecule has 0 radical (unpaired) electrons. The monoisotopic (exact) mass is 179 g/mol. The fraction of sp³-hybridized carbons (Fsp3) is 0.300. The summed E-state index contributed by atoms with van der Waals surface area (Å²) in [6.07, 6.45) is 0. The quantitative estimate of drug-likeness (QED) is 0.640. The summed E-state index contributed by atoms with van der Waals surface area (Å²) in [5.41, 5.74) is 0. The zero-order valence-corrected chi connectivity index (χ0v) is 7.40. The minimum absolute atomic E-state index is 0.00810. The lowest BCUT2D eigenvalue weighted by Gasteiger charge is -2.10. The largest absolute Gasteiger partial charge is 0.370 e. The molecule has 1 N–H and O–H groups in total. The van der Waals surface area contributed by atoms with Crippen molar-refractivity contribution >= 4 is 5.91 Å². The van der Waals surface area contributed by atoms with Crippen LogP contribution in [0.5, 0.6) is 0 Å². The van der Waals surface area contributed by atoms with Crippen LogP contribution in [0.4, 0.5) is 0 Å². The predicted molar refractivity (Wildman–Crippen MR) is 50.3 cm³/mol. The van der Waals surface area contributed by atoms with Crippen molar-refractivity contribution < 1.29 is 9.53 Å². The zero-order valence-electron chi connectivity index (χ0n) is 7.40. The Labute approximate surface area is 77.7 Å². The Morgan fingerprint density at radius 3 is 1.85 bits per heavy atom. The van der Waals surface area contributed by atoms with Crippen LogP contribution in [0.15, 0.2) is 36.4 Å². The van der Waals surface area contributed by atoms with E-state index in [1.807, 2.05) is 36.4 Å². The topological polar surface area (TPSA) is 38.3 Å². The molecule has 0 aliphatic carbocycles. The molecule has 3 heteroatoms. The molecule has 1 fully saturated rings. The minimum atomic E-state index is -0.00810. The Bertz CT molecular complexity index is 201. The molecule has 1 aromatic rings. The molecular weight excluding hydrogens is 166 g/mol. The second-order valence-corrected chi connectivity index (χ2v) is 2.56. The third kappa shape index (κ3) is 4.98. The molecule has 1 heterocycles. The van der Waals surface area contributed by atoms with E-state index in [9.17, 15) is 4.79 Å². The van der Waals surface area contributed by atoms with Crippen LogP contribution in [0.2, 0.25) is 0 Å². The van der Waals surface area contributed by atoms with Gasteiger partial charge in [0.2, 0.25) is 5.91 Å². The van der Waals surface area contributed by atoms with Crippen LogP contribution < -0.4 is 5.32 Å². The fourth-order valence-electron chi connectivity index (χ4n) is 0.863. The van der Waals surface area contributed by atoms with Gasteiger partial charge in [0.15, 0.2) is 0 Å². The Balaban J connectivity index is 0.000000132. The van der Waals surface area contributed by atoms with E-state index in [0.29, 0.717) is 13.2 Å². The van der Waals surface area contributed by atoms with Crippen molar-refractivity contribution in [2.24, 2.45) is 0 Å². The first-order valence-corrected chi connectivity index (χ1v) is 4.24. The maximum atomic E-state index is 10.2. The second kappa shape index (κ2) is 6.20. The van der Waals surface area contributed by atoms with Crippen molar-refractivity contribution in [3.05, 3.63) is 36.4 Å². The summed E-state index contributed by atoms with van der Waals surface area (Å²) >= 11 is 0. The van der Waals surface area contributed by atoms with E-state index in [1.165, 1.54) is 0 Å². The SMILES string of the molecule is O=C1COCCN1.c1ccccc1. The van der Waals surface area contributed by atoms with Gasteiger partial charge >= 0.3 is 0 Å². The van der Waals surface area contributed by atoms with Gasteiger partial charge in [-0.15, -0.1) is 0 Å². The van der Waals surface area contributed by atoms with Gasteiger partial charge in [-0.2, -0.15) is 0 Å².